The number of carbonyl (C=O) groups is 1. The predicted molar refractivity (Wildman–Crippen MR) is 224 cm³/mol. The number of Topliss-reactive ketones (excluding diaryl/α,β-unsaturated/α-hetero) is 1. The summed E-state index contributed by atoms with van der Waals surface area (Å²) < 4.78 is 11.7. The lowest BCUT2D eigenvalue weighted by Gasteiger charge is -2.53. The normalized spacial score (nSPS) is 24.3. The van der Waals surface area contributed by atoms with E-state index in [1.54, 1.807) is 36.4 Å². The molecule has 0 heterocycles. The Balaban J connectivity index is 1.27. The van der Waals surface area contributed by atoms with Crippen molar-refractivity contribution in [2.75, 3.05) is 6.73 Å². The molecule has 0 aliphatic heterocycles. The van der Waals surface area contributed by atoms with Gasteiger partial charge in [-0.2, -0.15) is 0 Å². The summed E-state index contributed by atoms with van der Waals surface area (Å²) in [5, 5.41) is 55.4. The third kappa shape index (κ3) is 8.71. The smallest absolute Gasteiger partial charge is 0.200 e. The van der Waals surface area contributed by atoms with Crippen molar-refractivity contribution >= 4 is 5.78 Å². The van der Waals surface area contributed by atoms with E-state index in [-0.39, 0.29) is 89.6 Å². The Morgan fingerprint density at radius 2 is 1.72 bits per heavy atom. The van der Waals surface area contributed by atoms with Crippen LogP contribution in [0.5, 0.6) is 34.5 Å². The van der Waals surface area contributed by atoms with E-state index in [4.69, 9.17) is 15.2 Å². The first-order chi connectivity index (χ1) is 28.0. The first-order valence-corrected chi connectivity index (χ1v) is 21.0. The minimum absolute atomic E-state index is 0.0226. The van der Waals surface area contributed by atoms with Gasteiger partial charge in [-0.15, -0.1) is 0 Å². The molecule has 4 aliphatic rings. The molecule has 0 radical (unpaired) electrons. The largest absolute Gasteiger partial charge is 0.508 e. The Labute approximate surface area is 342 Å². The second-order valence-corrected chi connectivity index (χ2v) is 17.4. The number of rotatable bonds is 16. The van der Waals surface area contributed by atoms with E-state index in [0.717, 1.165) is 48.8 Å². The molecular formula is C49H59NO8. The number of aliphatic hydroxyl groups is 1. The molecule has 0 aromatic heterocycles. The van der Waals surface area contributed by atoms with Crippen molar-refractivity contribution in [1.29, 1.82) is 0 Å². The second-order valence-electron chi connectivity index (χ2n) is 17.4. The number of allylic oxidation sites excluding steroid dienone is 1. The second kappa shape index (κ2) is 17.9. The maximum Gasteiger partial charge on any atom is 0.200 e. The number of hydrogen-bond donors (Lipinski definition) is 6. The van der Waals surface area contributed by atoms with Crippen molar-refractivity contribution in [2.24, 2.45) is 29.4 Å². The molecule has 4 aliphatic carbocycles. The van der Waals surface area contributed by atoms with Gasteiger partial charge in [-0.3, -0.25) is 10.5 Å². The van der Waals surface area contributed by atoms with E-state index in [0.29, 0.717) is 23.8 Å². The highest BCUT2D eigenvalue weighted by atomic mass is 16.5. The van der Waals surface area contributed by atoms with Crippen LogP contribution in [0, 0.1) is 23.7 Å². The molecule has 7 atom stereocenters. The van der Waals surface area contributed by atoms with Gasteiger partial charge in [0.1, 0.15) is 24.9 Å². The van der Waals surface area contributed by atoms with Crippen molar-refractivity contribution in [3.63, 3.8) is 0 Å². The van der Waals surface area contributed by atoms with Gasteiger partial charge in [-0.05, 0) is 107 Å². The topological polar surface area (TPSA) is 163 Å². The highest BCUT2D eigenvalue weighted by Gasteiger charge is 2.54. The molecule has 1 fully saturated rings. The molecule has 308 valence electrons. The molecule has 7 N–H and O–H groups in total. The average Bonchev–Trinajstić information content (AvgIpc) is 3.50. The molecule has 0 spiro atoms. The monoisotopic (exact) mass is 789 g/mol. The quantitative estimate of drug-likeness (QED) is 0.0369. The number of ether oxygens (including phenoxy) is 2. The summed E-state index contributed by atoms with van der Waals surface area (Å²) >= 11 is 0. The fourth-order valence-electron chi connectivity index (χ4n) is 10.5. The average molecular weight is 790 g/mol. The van der Waals surface area contributed by atoms with Crippen LogP contribution in [0.25, 0.3) is 0 Å². The number of aliphatic hydroxyl groups excluding tert-OH is 1. The van der Waals surface area contributed by atoms with Gasteiger partial charge in [0.25, 0.3) is 0 Å². The summed E-state index contributed by atoms with van der Waals surface area (Å²) in [6.07, 6.45) is 11.1. The van der Waals surface area contributed by atoms with Gasteiger partial charge in [-0.1, -0.05) is 100 Å². The highest BCUT2D eigenvalue weighted by Crippen LogP contribution is 2.64. The summed E-state index contributed by atoms with van der Waals surface area (Å²) in [5.74, 6) is 0.0865. The van der Waals surface area contributed by atoms with Crippen LogP contribution < -0.4 is 15.2 Å². The van der Waals surface area contributed by atoms with E-state index < -0.39 is 12.0 Å². The third-order valence-electron chi connectivity index (χ3n) is 13.2. The van der Waals surface area contributed by atoms with Crippen LogP contribution >= 0.6 is 0 Å². The van der Waals surface area contributed by atoms with Crippen LogP contribution in [0.4, 0.5) is 0 Å². The highest BCUT2D eigenvalue weighted by molar-refractivity contribution is 5.79. The maximum absolute atomic E-state index is 13.7. The SMILES string of the molecule is CC(C)CC[C@H]1CCC[C@@](c2ccccc2)([C@H]2C[C@@H]3C=C[C@@H]([C@@H](O)CC(=O)CCc4ccc(O)c(OCN)c4)[C@H]2c2cc(O)c(O)c(OCc4cccc(O)c4)c23)C1. The Kier molecular flexibility index (Phi) is 12.7. The lowest BCUT2D eigenvalue weighted by molar-refractivity contribution is -0.121. The van der Waals surface area contributed by atoms with Gasteiger partial charge in [0.15, 0.2) is 23.0 Å². The van der Waals surface area contributed by atoms with Crippen LogP contribution in [0.3, 0.4) is 0 Å². The van der Waals surface area contributed by atoms with Crippen molar-refractivity contribution < 1.29 is 39.8 Å². The zero-order valence-corrected chi connectivity index (χ0v) is 33.7. The van der Waals surface area contributed by atoms with E-state index in [1.807, 2.05) is 6.07 Å². The minimum atomic E-state index is -1.02. The molecule has 4 aromatic carbocycles. The number of aryl methyl sites for hydroxylation is 1. The Hall–Kier alpha value is -4.99. The zero-order chi connectivity index (χ0) is 41.0. The molecule has 4 aromatic rings. The Morgan fingerprint density at radius 3 is 2.48 bits per heavy atom. The molecule has 0 amide bonds. The number of hydrogen-bond acceptors (Lipinski definition) is 9. The minimum Gasteiger partial charge on any atom is -0.508 e. The molecule has 8 rings (SSSR count). The van der Waals surface area contributed by atoms with Gasteiger partial charge >= 0.3 is 0 Å². The van der Waals surface area contributed by atoms with E-state index in [2.05, 4.69) is 56.3 Å². The van der Waals surface area contributed by atoms with Gasteiger partial charge < -0.3 is 35.0 Å². The van der Waals surface area contributed by atoms with Crippen LogP contribution in [0.15, 0.2) is 91.0 Å². The number of phenols is 4. The lowest BCUT2D eigenvalue weighted by Crippen LogP contribution is -2.47. The van der Waals surface area contributed by atoms with Crippen molar-refractivity contribution in [3.8, 4) is 34.5 Å². The Bertz CT molecular complexity index is 2080. The first kappa shape index (κ1) is 41.2. The lowest BCUT2D eigenvalue weighted by atomic mass is 9.50. The van der Waals surface area contributed by atoms with Gasteiger partial charge in [-0.25, -0.2) is 0 Å². The number of fused-ring (bicyclic) bond motifs is 2. The first-order valence-electron chi connectivity index (χ1n) is 21.0. The van der Waals surface area contributed by atoms with Gasteiger partial charge in [0, 0.05) is 30.2 Å². The predicted octanol–water partition coefficient (Wildman–Crippen LogP) is 9.27. The molecule has 0 unspecified atom stereocenters. The fraction of sp³-hybridized carbons (Fsp3) is 0.449. The summed E-state index contributed by atoms with van der Waals surface area (Å²) in [6, 6.07) is 24.2. The van der Waals surface area contributed by atoms with Crippen LogP contribution in [0.1, 0.15) is 111 Å². The molecular weight excluding hydrogens is 731 g/mol. The number of ketones is 1. The summed E-state index contributed by atoms with van der Waals surface area (Å²) in [7, 11) is 0. The summed E-state index contributed by atoms with van der Waals surface area (Å²) in [6.45, 7) is 4.55. The van der Waals surface area contributed by atoms with Crippen molar-refractivity contribution in [1.82, 2.24) is 0 Å². The molecule has 0 saturated heterocycles. The molecule has 9 nitrogen and oxygen atoms in total. The number of benzene rings is 4. The fourth-order valence-corrected chi connectivity index (χ4v) is 10.5. The Morgan fingerprint density at radius 1 is 0.914 bits per heavy atom. The number of aromatic hydroxyl groups is 4. The van der Waals surface area contributed by atoms with E-state index >= 15 is 0 Å². The van der Waals surface area contributed by atoms with Crippen molar-refractivity contribution in [2.45, 2.75) is 108 Å². The third-order valence-corrected chi connectivity index (χ3v) is 13.2. The van der Waals surface area contributed by atoms with Crippen LogP contribution in [-0.4, -0.2) is 44.2 Å². The molecule has 58 heavy (non-hydrogen) atoms. The van der Waals surface area contributed by atoms with E-state index in [9.17, 15) is 30.3 Å². The van der Waals surface area contributed by atoms with Crippen LogP contribution in [-0.2, 0) is 23.2 Å². The van der Waals surface area contributed by atoms with Crippen molar-refractivity contribution in [3.05, 3.63) is 119 Å². The van der Waals surface area contributed by atoms with E-state index in [1.165, 1.54) is 24.5 Å². The van der Waals surface area contributed by atoms with Gasteiger partial charge in [0.05, 0.1) is 6.10 Å². The summed E-state index contributed by atoms with van der Waals surface area (Å²) in [5.41, 5.74) is 9.75. The molecule has 2 bridgehead atoms. The number of carbonyl (C=O) groups excluding carboxylic acids is 1. The number of phenolic OH excluding ortho intramolecular Hbond substituents is 4. The summed E-state index contributed by atoms with van der Waals surface area (Å²) in [4.78, 5) is 13.7. The molecule has 9 heteroatoms. The maximum atomic E-state index is 13.7. The number of nitrogens with two attached hydrogens (primary N) is 1. The van der Waals surface area contributed by atoms with Gasteiger partial charge in [0.2, 0.25) is 5.75 Å². The zero-order valence-electron chi connectivity index (χ0n) is 33.7. The standard InChI is InChI=1S/C49H59NO8/c1-30(2)13-14-32-9-7-21-49(27-32,35-10-4-3-5-11-35)40-24-34-17-19-38(42(54)25-37(52)18-15-31-16-20-41(53)44(23-31)58-29-50)46(40)39-26-43(55)47(56)48(45(34)39)57-28-33-8-6-12-36(51)22-33/h3-6,8,10-12,16-17,19-20,22-23,26,30,32,34,38,40,42,46,51,53-56H,7,9,13-15,18,21,24-25,27-29,50H2,1-2H3/t32-,34+,38+,40+,42+,46+,49-/m1/s1. The molecule has 1 saturated carbocycles. The van der Waals surface area contributed by atoms with Crippen LogP contribution in [0.2, 0.25) is 0 Å².